The number of imidazole rings is 1. The summed E-state index contributed by atoms with van der Waals surface area (Å²) in [6, 6.07) is 12.5. The molecule has 2 aromatic heterocycles. The molecule has 0 aliphatic rings. The van der Waals surface area contributed by atoms with Crippen LogP contribution in [-0.4, -0.2) is 25.8 Å². The van der Waals surface area contributed by atoms with Crippen molar-refractivity contribution in [2.24, 2.45) is 4.99 Å². The molecule has 6 nitrogen and oxygen atoms in total. The van der Waals surface area contributed by atoms with Gasteiger partial charge < -0.3 is 10.2 Å². The molecule has 4 aromatic rings. The van der Waals surface area contributed by atoms with Crippen molar-refractivity contribution >= 4 is 28.5 Å². The second-order valence-corrected chi connectivity index (χ2v) is 6.73. The van der Waals surface area contributed by atoms with Crippen LogP contribution in [0.3, 0.4) is 0 Å². The Morgan fingerprint density at radius 2 is 1.93 bits per heavy atom. The summed E-state index contributed by atoms with van der Waals surface area (Å²) >= 11 is 5.74. The molecule has 0 spiro atoms. The molecule has 4 rings (SSSR count). The molecule has 1 amide bonds. The van der Waals surface area contributed by atoms with Crippen molar-refractivity contribution in [3.05, 3.63) is 82.4 Å². The molecule has 30 heavy (non-hydrogen) atoms. The highest BCUT2D eigenvalue weighted by molar-refractivity contribution is 6.30. The zero-order valence-electron chi connectivity index (χ0n) is 15.0. The number of H-pyrrole nitrogens is 1. The van der Waals surface area contributed by atoms with E-state index >= 15 is 0 Å². The maximum absolute atomic E-state index is 13.5. The van der Waals surface area contributed by atoms with Crippen molar-refractivity contribution in [1.82, 2.24) is 14.7 Å². The van der Waals surface area contributed by atoms with E-state index < -0.39 is 17.6 Å². The fourth-order valence-electron chi connectivity index (χ4n) is 2.97. The molecule has 0 aliphatic heterocycles. The number of alkyl halides is 3. The number of para-hydroxylation sites is 1. The summed E-state index contributed by atoms with van der Waals surface area (Å²) in [5.74, 6) is -0.772. The Hall–Kier alpha value is -3.59. The number of nitrogens with one attached hydrogen (secondary N) is 1. The molecular formula is C20H12ClF3N4O2. The fourth-order valence-corrected chi connectivity index (χ4v) is 3.14. The Balaban J connectivity index is 1.86. The lowest BCUT2D eigenvalue weighted by Gasteiger charge is -2.11. The van der Waals surface area contributed by atoms with Gasteiger partial charge in [0.25, 0.3) is 5.91 Å². The van der Waals surface area contributed by atoms with Crippen LogP contribution in [0.2, 0.25) is 5.02 Å². The topological polar surface area (TPSA) is 83.3 Å². The van der Waals surface area contributed by atoms with E-state index in [4.69, 9.17) is 11.6 Å². The predicted octanol–water partition coefficient (Wildman–Crippen LogP) is 4.68. The van der Waals surface area contributed by atoms with Crippen LogP contribution in [0.15, 0.2) is 65.8 Å². The lowest BCUT2D eigenvalue weighted by atomic mass is 10.1. The van der Waals surface area contributed by atoms with Gasteiger partial charge in [-0.2, -0.15) is 22.9 Å². The smallest absolute Gasteiger partial charge is 0.417 e. The molecule has 0 aliphatic carbocycles. The number of hydrogen-bond donors (Lipinski definition) is 2. The number of fused-ring (bicyclic) bond motifs is 1. The van der Waals surface area contributed by atoms with Crippen molar-refractivity contribution in [2.75, 3.05) is 0 Å². The van der Waals surface area contributed by atoms with Crippen molar-refractivity contribution < 1.29 is 23.2 Å². The Bertz CT molecular complexity index is 1340. The van der Waals surface area contributed by atoms with Crippen LogP contribution in [-0.2, 0) is 6.18 Å². The molecule has 2 heterocycles. The number of aromatic amines is 1. The van der Waals surface area contributed by atoms with E-state index in [0.717, 1.165) is 6.07 Å². The molecule has 0 fully saturated rings. The average Bonchev–Trinajstić information content (AvgIpc) is 3.13. The van der Waals surface area contributed by atoms with E-state index in [1.54, 1.807) is 24.3 Å². The minimum absolute atomic E-state index is 0.00711. The zero-order chi connectivity index (χ0) is 21.5. The number of halogens is 4. The Labute approximate surface area is 171 Å². The monoisotopic (exact) mass is 432 g/mol. The number of pyridine rings is 1. The number of rotatable bonds is 2. The van der Waals surface area contributed by atoms with Crippen LogP contribution in [0, 0.1) is 0 Å². The van der Waals surface area contributed by atoms with Gasteiger partial charge >= 0.3 is 6.18 Å². The number of aromatic nitrogens is 3. The number of hydrogen-bond acceptors (Lipinski definition) is 3. The molecule has 0 bridgehead atoms. The molecule has 0 atom stereocenters. The van der Waals surface area contributed by atoms with Gasteiger partial charge in [0.15, 0.2) is 5.49 Å². The van der Waals surface area contributed by atoms with Gasteiger partial charge in [-0.25, -0.2) is 4.98 Å². The van der Waals surface area contributed by atoms with Crippen LogP contribution >= 0.6 is 11.6 Å². The molecule has 0 saturated carbocycles. The number of benzene rings is 2. The van der Waals surface area contributed by atoms with Crippen molar-refractivity contribution in [1.29, 1.82) is 0 Å². The summed E-state index contributed by atoms with van der Waals surface area (Å²) in [6.45, 7) is 0. The summed E-state index contributed by atoms with van der Waals surface area (Å²) in [5.41, 5.74) is -0.565. The first-order valence-corrected chi connectivity index (χ1v) is 8.93. The quantitative estimate of drug-likeness (QED) is 0.451. The first-order chi connectivity index (χ1) is 14.2. The van der Waals surface area contributed by atoms with E-state index in [1.807, 2.05) is 0 Å². The Morgan fingerprint density at radius 1 is 1.13 bits per heavy atom. The molecule has 0 unspecified atom stereocenters. The normalized spacial score (nSPS) is 12.5. The predicted molar refractivity (Wildman–Crippen MR) is 103 cm³/mol. The minimum atomic E-state index is -4.64. The summed E-state index contributed by atoms with van der Waals surface area (Å²) in [4.78, 5) is 23.5. The van der Waals surface area contributed by atoms with E-state index in [0.29, 0.717) is 10.2 Å². The third kappa shape index (κ3) is 3.67. The first-order valence-electron chi connectivity index (χ1n) is 8.56. The first kappa shape index (κ1) is 19.7. The molecule has 152 valence electrons. The molecule has 0 saturated heterocycles. The van der Waals surface area contributed by atoms with Crippen LogP contribution < -0.4 is 5.49 Å². The number of carbonyl (C=O) groups excluding carboxylic acids is 1. The largest absolute Gasteiger partial charge is 0.427 e. The average molecular weight is 433 g/mol. The highest BCUT2D eigenvalue weighted by atomic mass is 35.5. The van der Waals surface area contributed by atoms with E-state index in [9.17, 15) is 23.2 Å². The van der Waals surface area contributed by atoms with Crippen molar-refractivity contribution in [3.63, 3.8) is 0 Å². The summed E-state index contributed by atoms with van der Waals surface area (Å²) in [6.07, 6.45) is -3.34. The lowest BCUT2D eigenvalue weighted by Crippen LogP contribution is -2.19. The second kappa shape index (κ2) is 7.34. The van der Waals surface area contributed by atoms with E-state index in [2.05, 4.69) is 15.0 Å². The third-order valence-corrected chi connectivity index (χ3v) is 4.55. The van der Waals surface area contributed by atoms with Crippen LogP contribution in [0.5, 0.6) is 0 Å². The summed E-state index contributed by atoms with van der Waals surface area (Å²) < 4.78 is 41.1. The van der Waals surface area contributed by atoms with E-state index in [-0.39, 0.29) is 33.0 Å². The van der Waals surface area contributed by atoms with Gasteiger partial charge in [-0.3, -0.25) is 4.79 Å². The van der Waals surface area contributed by atoms with Crippen molar-refractivity contribution in [2.45, 2.75) is 6.18 Å². The highest BCUT2D eigenvalue weighted by Gasteiger charge is 2.34. The van der Waals surface area contributed by atoms with Gasteiger partial charge in [-0.1, -0.05) is 23.7 Å². The minimum Gasteiger partial charge on any atom is -0.427 e. The maximum atomic E-state index is 13.5. The third-order valence-electron chi connectivity index (χ3n) is 4.32. The van der Waals surface area contributed by atoms with Gasteiger partial charge in [-0.15, -0.1) is 0 Å². The SMILES string of the molecule is O=C(N=c1ccccn1O)c1cccc2[nH]c(-c3ccc(Cl)cc3C(F)(F)F)nc12. The molecule has 10 heteroatoms. The fraction of sp³-hybridized carbons (Fsp3) is 0.0500. The number of carbonyl (C=O) groups is 1. The zero-order valence-corrected chi connectivity index (χ0v) is 15.7. The van der Waals surface area contributed by atoms with E-state index in [1.165, 1.54) is 30.5 Å². The van der Waals surface area contributed by atoms with Gasteiger partial charge in [0.2, 0.25) is 0 Å². The summed E-state index contributed by atoms with van der Waals surface area (Å²) in [7, 11) is 0. The van der Waals surface area contributed by atoms with Crippen LogP contribution in [0.25, 0.3) is 22.4 Å². The lowest BCUT2D eigenvalue weighted by molar-refractivity contribution is -0.137. The molecule has 2 aromatic carbocycles. The Kier molecular flexibility index (Phi) is 4.83. The highest BCUT2D eigenvalue weighted by Crippen LogP contribution is 2.38. The van der Waals surface area contributed by atoms with Gasteiger partial charge in [0.05, 0.1) is 16.6 Å². The van der Waals surface area contributed by atoms with Gasteiger partial charge in [0, 0.05) is 16.8 Å². The van der Waals surface area contributed by atoms with Gasteiger partial charge in [0.1, 0.15) is 11.3 Å². The van der Waals surface area contributed by atoms with Gasteiger partial charge in [-0.05, 0) is 42.5 Å². The number of amides is 1. The van der Waals surface area contributed by atoms with Crippen molar-refractivity contribution in [3.8, 4) is 11.4 Å². The Morgan fingerprint density at radius 3 is 2.67 bits per heavy atom. The molecule has 2 N–H and O–H groups in total. The molecular weight excluding hydrogens is 421 g/mol. The summed E-state index contributed by atoms with van der Waals surface area (Å²) in [5, 5.41) is 9.67. The number of nitrogens with zero attached hydrogens (tertiary/aromatic N) is 3. The molecule has 0 radical (unpaired) electrons. The van der Waals surface area contributed by atoms with Crippen LogP contribution in [0.1, 0.15) is 15.9 Å². The second-order valence-electron chi connectivity index (χ2n) is 6.30. The van der Waals surface area contributed by atoms with Crippen LogP contribution in [0.4, 0.5) is 13.2 Å². The maximum Gasteiger partial charge on any atom is 0.417 e. The standard InChI is InChI=1S/C20H12ClF3N4O2/c21-11-7-8-12(14(10-11)20(22,23)24)18-25-15-5-3-4-13(17(15)27-18)19(29)26-16-6-1-2-9-28(16)30/h1-10,30H,(H,25,27).